The van der Waals surface area contributed by atoms with Crippen molar-refractivity contribution in [2.45, 2.75) is 58.8 Å². The number of nitrogens with one attached hydrogen (secondary N) is 1. The quantitative estimate of drug-likeness (QED) is 0.819. The van der Waals surface area contributed by atoms with E-state index in [4.69, 9.17) is 0 Å². The molecular weight excluding hydrogens is 226 g/mol. The average molecular weight is 253 g/mol. The molecule has 2 saturated heterocycles. The van der Waals surface area contributed by atoms with E-state index in [9.17, 15) is 4.79 Å². The van der Waals surface area contributed by atoms with Crippen LogP contribution in [0.2, 0.25) is 0 Å². The molecule has 0 radical (unpaired) electrons. The van der Waals surface area contributed by atoms with Crippen LogP contribution in [-0.2, 0) is 4.79 Å². The van der Waals surface area contributed by atoms with Crippen LogP contribution < -0.4 is 5.32 Å². The molecule has 18 heavy (non-hydrogen) atoms. The Labute approximate surface area is 111 Å². The first-order valence-corrected chi connectivity index (χ1v) is 7.31. The van der Waals surface area contributed by atoms with E-state index in [-0.39, 0.29) is 18.1 Å². The van der Waals surface area contributed by atoms with Crippen LogP contribution in [0.15, 0.2) is 0 Å². The molecule has 3 atom stereocenters. The van der Waals surface area contributed by atoms with Crippen molar-refractivity contribution in [3.63, 3.8) is 0 Å². The molecule has 2 rings (SSSR count). The normalized spacial score (nSPS) is 31.6. The molecule has 0 aliphatic carbocycles. The number of rotatable bonds is 4. The van der Waals surface area contributed by atoms with E-state index in [1.165, 1.54) is 25.9 Å². The van der Waals surface area contributed by atoms with Crippen molar-refractivity contribution in [3.05, 3.63) is 0 Å². The highest BCUT2D eigenvalue weighted by Crippen LogP contribution is 2.20. The summed E-state index contributed by atoms with van der Waals surface area (Å²) in [6, 6.07) is 0.308. The summed E-state index contributed by atoms with van der Waals surface area (Å²) < 4.78 is 0. The fourth-order valence-electron chi connectivity index (χ4n) is 3.27. The summed E-state index contributed by atoms with van der Waals surface area (Å²) in [5, 5.41) is 3.42. The van der Waals surface area contributed by atoms with Crippen molar-refractivity contribution in [3.8, 4) is 0 Å². The molecule has 1 N–H and O–H groups in total. The minimum atomic E-state index is 0.000952. The van der Waals surface area contributed by atoms with Gasteiger partial charge in [0.15, 0.2) is 0 Å². The Morgan fingerprint density at radius 2 is 1.89 bits per heavy atom. The summed E-state index contributed by atoms with van der Waals surface area (Å²) in [5.74, 6) is 0.646. The number of likely N-dealkylation sites (tertiary alicyclic amines) is 1. The van der Waals surface area contributed by atoms with Crippen molar-refractivity contribution in [2.75, 3.05) is 19.6 Å². The van der Waals surface area contributed by atoms with Crippen LogP contribution in [0.5, 0.6) is 0 Å². The van der Waals surface area contributed by atoms with Crippen molar-refractivity contribution in [1.29, 1.82) is 0 Å². The third kappa shape index (κ3) is 2.69. The lowest BCUT2D eigenvalue weighted by Gasteiger charge is -2.31. The first-order chi connectivity index (χ1) is 8.50. The molecule has 2 aliphatic heterocycles. The molecule has 0 aromatic rings. The molecule has 0 aromatic heterocycles. The van der Waals surface area contributed by atoms with Crippen LogP contribution in [0, 0.1) is 5.92 Å². The van der Waals surface area contributed by atoms with Gasteiger partial charge in [0.1, 0.15) is 0 Å². The summed E-state index contributed by atoms with van der Waals surface area (Å²) in [5.41, 5.74) is 0. The minimum absolute atomic E-state index is 0.000952. The number of amides is 1. The molecule has 0 saturated carbocycles. The zero-order valence-corrected chi connectivity index (χ0v) is 12.1. The Hall–Kier alpha value is -0.610. The Balaban J connectivity index is 1.96. The molecule has 104 valence electrons. The second-order valence-corrected chi connectivity index (χ2v) is 6.17. The van der Waals surface area contributed by atoms with Gasteiger partial charge in [-0.05, 0) is 45.7 Å². The Morgan fingerprint density at radius 3 is 2.39 bits per heavy atom. The Bertz CT molecular complexity index is 299. The summed E-state index contributed by atoms with van der Waals surface area (Å²) >= 11 is 0. The van der Waals surface area contributed by atoms with Gasteiger partial charge in [-0.3, -0.25) is 10.1 Å². The maximum atomic E-state index is 12.4. The van der Waals surface area contributed by atoms with Gasteiger partial charge in [-0.25, -0.2) is 0 Å². The fourth-order valence-corrected chi connectivity index (χ4v) is 3.27. The van der Waals surface area contributed by atoms with Crippen LogP contribution in [-0.4, -0.2) is 53.6 Å². The van der Waals surface area contributed by atoms with Gasteiger partial charge in [0.2, 0.25) is 5.91 Å². The maximum Gasteiger partial charge on any atom is 0.241 e. The van der Waals surface area contributed by atoms with Crippen molar-refractivity contribution >= 4 is 5.91 Å². The van der Waals surface area contributed by atoms with Gasteiger partial charge < -0.3 is 9.80 Å². The molecule has 3 unspecified atom stereocenters. The fraction of sp³-hybridized carbons (Fsp3) is 0.929. The molecule has 1 amide bonds. The smallest absolute Gasteiger partial charge is 0.241 e. The van der Waals surface area contributed by atoms with Crippen LogP contribution in [0.3, 0.4) is 0 Å². The molecule has 4 nitrogen and oxygen atoms in total. The van der Waals surface area contributed by atoms with Crippen molar-refractivity contribution < 1.29 is 4.79 Å². The van der Waals surface area contributed by atoms with Gasteiger partial charge in [-0.15, -0.1) is 0 Å². The van der Waals surface area contributed by atoms with Gasteiger partial charge in [0.05, 0.1) is 12.2 Å². The highest BCUT2D eigenvalue weighted by atomic mass is 16.2. The van der Waals surface area contributed by atoms with E-state index in [0.29, 0.717) is 12.0 Å². The molecular formula is C14H27N3O. The predicted octanol–water partition coefficient (Wildman–Crippen LogP) is 1.27. The van der Waals surface area contributed by atoms with Crippen LogP contribution in [0.25, 0.3) is 0 Å². The lowest BCUT2D eigenvalue weighted by molar-refractivity contribution is -0.132. The molecule has 2 aliphatic rings. The largest absolute Gasteiger partial charge is 0.322 e. The van der Waals surface area contributed by atoms with Gasteiger partial charge in [-0.2, -0.15) is 0 Å². The second kappa shape index (κ2) is 5.57. The number of hydrogen-bond donors (Lipinski definition) is 1. The van der Waals surface area contributed by atoms with Crippen LogP contribution in [0.4, 0.5) is 0 Å². The van der Waals surface area contributed by atoms with Gasteiger partial charge >= 0.3 is 0 Å². The van der Waals surface area contributed by atoms with Gasteiger partial charge in [0.25, 0.3) is 0 Å². The molecule has 2 heterocycles. The first kappa shape index (κ1) is 13.8. The van der Waals surface area contributed by atoms with Crippen molar-refractivity contribution in [2.24, 2.45) is 5.92 Å². The van der Waals surface area contributed by atoms with Crippen LogP contribution in [0.1, 0.15) is 40.5 Å². The molecule has 0 spiro atoms. The lowest BCUT2D eigenvalue weighted by Crippen LogP contribution is -2.47. The summed E-state index contributed by atoms with van der Waals surface area (Å²) in [7, 11) is 0. The minimum Gasteiger partial charge on any atom is -0.322 e. The van der Waals surface area contributed by atoms with E-state index >= 15 is 0 Å². The van der Waals surface area contributed by atoms with E-state index in [0.717, 1.165) is 6.54 Å². The molecule has 4 heteroatoms. The molecule has 0 aromatic carbocycles. The van der Waals surface area contributed by atoms with Gasteiger partial charge in [0, 0.05) is 12.6 Å². The maximum absolute atomic E-state index is 12.4. The lowest BCUT2D eigenvalue weighted by atomic mass is 10.0. The van der Waals surface area contributed by atoms with E-state index < -0.39 is 0 Å². The third-order valence-electron chi connectivity index (χ3n) is 4.22. The number of carbonyl (C=O) groups excluding carboxylic acids is 1. The zero-order valence-electron chi connectivity index (χ0n) is 12.1. The van der Waals surface area contributed by atoms with E-state index in [2.05, 4.69) is 37.9 Å². The van der Waals surface area contributed by atoms with Gasteiger partial charge in [-0.1, -0.05) is 13.8 Å². The monoisotopic (exact) mass is 253 g/mol. The highest BCUT2D eigenvalue weighted by Gasteiger charge is 2.40. The molecule has 0 bridgehead atoms. The first-order valence-electron chi connectivity index (χ1n) is 7.31. The summed E-state index contributed by atoms with van der Waals surface area (Å²) in [4.78, 5) is 16.9. The third-order valence-corrected chi connectivity index (χ3v) is 4.22. The number of carbonyl (C=O) groups is 1. The Morgan fingerprint density at radius 1 is 1.28 bits per heavy atom. The van der Waals surface area contributed by atoms with E-state index in [1.807, 2.05) is 4.90 Å². The number of nitrogens with zero attached hydrogens (tertiary/aromatic N) is 2. The predicted molar refractivity (Wildman–Crippen MR) is 73.2 cm³/mol. The topological polar surface area (TPSA) is 35.6 Å². The molecule has 2 fully saturated rings. The standard InChI is InChI=1S/C14H27N3O/c1-10(2)13-14(18)17(12(4)15-13)11(3)9-16-7-5-6-8-16/h10-13,15H,5-9H2,1-4H3. The SMILES string of the molecule is CC(C)C1NC(C)N(C(C)CN2CCCC2)C1=O. The number of hydrogen-bond acceptors (Lipinski definition) is 3. The van der Waals surface area contributed by atoms with E-state index in [1.54, 1.807) is 0 Å². The van der Waals surface area contributed by atoms with Crippen LogP contribution >= 0.6 is 0 Å². The Kier molecular flexibility index (Phi) is 4.28. The average Bonchev–Trinajstić information content (AvgIpc) is 2.86. The second-order valence-electron chi connectivity index (χ2n) is 6.17. The van der Waals surface area contributed by atoms with Crippen molar-refractivity contribution in [1.82, 2.24) is 15.1 Å². The highest BCUT2D eigenvalue weighted by molar-refractivity contribution is 5.84. The summed E-state index contributed by atoms with van der Waals surface area (Å²) in [6.07, 6.45) is 2.79. The zero-order chi connectivity index (χ0) is 13.3. The summed E-state index contributed by atoms with van der Waals surface area (Å²) in [6.45, 7) is 11.9.